The molecule has 0 aliphatic carbocycles. The Kier molecular flexibility index (Phi) is 4.43. The maximum Gasteiger partial charge on any atom is 0.330 e. The van der Waals surface area contributed by atoms with Crippen LogP contribution >= 0.6 is 11.6 Å². The van der Waals surface area contributed by atoms with Crippen molar-refractivity contribution in [3.05, 3.63) is 64.2 Å². The lowest BCUT2D eigenvalue weighted by Gasteiger charge is -2.17. The fourth-order valence-corrected chi connectivity index (χ4v) is 2.25. The Morgan fingerprint density at radius 1 is 1.14 bits per heavy atom. The van der Waals surface area contributed by atoms with Gasteiger partial charge in [0.05, 0.1) is 0 Å². The van der Waals surface area contributed by atoms with Crippen molar-refractivity contribution in [2.75, 3.05) is 5.32 Å². The Labute approximate surface area is 125 Å². The molecule has 0 bridgehead atoms. The van der Waals surface area contributed by atoms with Crippen molar-refractivity contribution < 1.29 is 18.7 Å². The van der Waals surface area contributed by atoms with Crippen LogP contribution in [0.15, 0.2) is 36.4 Å². The smallest absolute Gasteiger partial charge is 0.330 e. The number of nitrogens with one attached hydrogen (secondary N) is 1. The third kappa shape index (κ3) is 3.92. The van der Waals surface area contributed by atoms with E-state index in [1.807, 2.05) is 0 Å². The van der Waals surface area contributed by atoms with Crippen molar-refractivity contribution in [1.82, 2.24) is 0 Å². The molecule has 3 nitrogen and oxygen atoms in total. The molecule has 0 saturated carbocycles. The summed E-state index contributed by atoms with van der Waals surface area (Å²) < 4.78 is 26.7. The second-order valence-corrected chi connectivity index (χ2v) is 5.07. The predicted octanol–water partition coefficient (Wildman–Crippen LogP) is 4.16. The van der Waals surface area contributed by atoms with Crippen LogP contribution in [0.1, 0.15) is 17.2 Å². The Morgan fingerprint density at radius 2 is 1.81 bits per heavy atom. The highest BCUT2D eigenvalue weighted by Gasteiger charge is 2.21. The summed E-state index contributed by atoms with van der Waals surface area (Å²) in [4.78, 5) is 11.4. The fraction of sp³-hybridized carbons (Fsp3) is 0.133. The molecule has 2 N–H and O–H groups in total. The molecule has 2 rings (SSSR count). The SMILES string of the molecule is Cc1cc(F)cc(NC(C(=O)O)c2cc(F)cc(Cl)c2)c1. The normalized spacial score (nSPS) is 12.0. The number of anilines is 1. The molecule has 0 aliphatic heterocycles. The molecular weight excluding hydrogens is 300 g/mol. The molecule has 0 fully saturated rings. The van der Waals surface area contributed by atoms with Crippen LogP contribution in [0.4, 0.5) is 14.5 Å². The highest BCUT2D eigenvalue weighted by atomic mass is 35.5. The lowest BCUT2D eigenvalue weighted by atomic mass is 10.1. The molecule has 0 aliphatic rings. The van der Waals surface area contributed by atoms with E-state index >= 15 is 0 Å². The van der Waals surface area contributed by atoms with E-state index in [9.17, 15) is 18.7 Å². The summed E-state index contributed by atoms with van der Waals surface area (Å²) >= 11 is 5.73. The maximum absolute atomic E-state index is 13.4. The van der Waals surface area contributed by atoms with Gasteiger partial charge in [0.15, 0.2) is 6.04 Å². The second kappa shape index (κ2) is 6.10. The monoisotopic (exact) mass is 311 g/mol. The van der Waals surface area contributed by atoms with Gasteiger partial charge < -0.3 is 10.4 Å². The number of carbonyl (C=O) groups is 1. The van der Waals surface area contributed by atoms with E-state index in [0.717, 1.165) is 12.1 Å². The molecule has 1 unspecified atom stereocenters. The summed E-state index contributed by atoms with van der Waals surface area (Å²) in [6, 6.07) is 6.35. The van der Waals surface area contributed by atoms with Crippen molar-refractivity contribution in [3.8, 4) is 0 Å². The maximum atomic E-state index is 13.4. The summed E-state index contributed by atoms with van der Waals surface area (Å²) in [5.41, 5.74) is 1.08. The van der Waals surface area contributed by atoms with Gasteiger partial charge in [-0.2, -0.15) is 0 Å². The first-order valence-electron chi connectivity index (χ1n) is 6.07. The van der Waals surface area contributed by atoms with Crippen molar-refractivity contribution >= 4 is 23.3 Å². The molecule has 0 radical (unpaired) electrons. The molecule has 0 saturated heterocycles. The Bertz CT molecular complexity index is 651. The van der Waals surface area contributed by atoms with Gasteiger partial charge in [0, 0.05) is 10.7 Å². The number of hydrogen-bond donors (Lipinski definition) is 2. The van der Waals surface area contributed by atoms with Gasteiger partial charge in [0.25, 0.3) is 0 Å². The van der Waals surface area contributed by atoms with Gasteiger partial charge in [-0.3, -0.25) is 0 Å². The molecule has 0 amide bonds. The predicted molar refractivity (Wildman–Crippen MR) is 76.5 cm³/mol. The third-order valence-corrected chi connectivity index (χ3v) is 3.04. The van der Waals surface area contributed by atoms with Gasteiger partial charge in [-0.05, 0) is 54.4 Å². The van der Waals surface area contributed by atoms with Crippen LogP contribution in [-0.2, 0) is 4.79 Å². The van der Waals surface area contributed by atoms with Gasteiger partial charge >= 0.3 is 5.97 Å². The first-order valence-corrected chi connectivity index (χ1v) is 6.45. The topological polar surface area (TPSA) is 49.3 Å². The van der Waals surface area contributed by atoms with Gasteiger partial charge in [-0.15, -0.1) is 0 Å². The Balaban J connectivity index is 2.37. The summed E-state index contributed by atoms with van der Waals surface area (Å²) in [7, 11) is 0. The molecule has 0 heterocycles. The average Bonchev–Trinajstić information content (AvgIpc) is 2.33. The van der Waals surface area contributed by atoms with Gasteiger partial charge in [0.2, 0.25) is 0 Å². The second-order valence-electron chi connectivity index (χ2n) is 4.64. The molecule has 110 valence electrons. The highest BCUT2D eigenvalue weighted by molar-refractivity contribution is 6.30. The first kappa shape index (κ1) is 15.3. The fourth-order valence-electron chi connectivity index (χ4n) is 2.02. The van der Waals surface area contributed by atoms with Gasteiger partial charge in [-0.1, -0.05) is 11.6 Å². The summed E-state index contributed by atoms with van der Waals surface area (Å²) in [5, 5.41) is 12.0. The quantitative estimate of drug-likeness (QED) is 0.891. The van der Waals surface area contributed by atoms with Crippen LogP contribution in [0.5, 0.6) is 0 Å². The number of aliphatic carboxylic acids is 1. The number of hydrogen-bond acceptors (Lipinski definition) is 2. The van der Waals surface area contributed by atoms with E-state index in [1.165, 1.54) is 18.2 Å². The van der Waals surface area contributed by atoms with E-state index in [0.29, 0.717) is 11.3 Å². The zero-order valence-electron chi connectivity index (χ0n) is 11.0. The molecule has 1 atom stereocenters. The minimum absolute atomic E-state index is 0.0912. The minimum atomic E-state index is -1.24. The lowest BCUT2D eigenvalue weighted by Crippen LogP contribution is -2.20. The Morgan fingerprint density at radius 3 is 2.38 bits per heavy atom. The number of carboxylic acids is 1. The van der Waals surface area contributed by atoms with Crippen LogP contribution in [0.2, 0.25) is 5.02 Å². The average molecular weight is 312 g/mol. The number of benzene rings is 2. The number of halogens is 3. The van der Waals surface area contributed by atoms with Crippen molar-refractivity contribution in [2.45, 2.75) is 13.0 Å². The van der Waals surface area contributed by atoms with E-state index in [2.05, 4.69) is 5.32 Å². The van der Waals surface area contributed by atoms with Crippen LogP contribution in [0, 0.1) is 18.6 Å². The Hall–Kier alpha value is -2.14. The van der Waals surface area contributed by atoms with Gasteiger partial charge in [0.1, 0.15) is 11.6 Å². The largest absolute Gasteiger partial charge is 0.479 e. The molecule has 0 spiro atoms. The van der Waals surface area contributed by atoms with Crippen molar-refractivity contribution in [2.24, 2.45) is 0 Å². The number of rotatable bonds is 4. The van der Waals surface area contributed by atoms with E-state index in [1.54, 1.807) is 13.0 Å². The van der Waals surface area contributed by atoms with Crippen molar-refractivity contribution in [1.29, 1.82) is 0 Å². The summed E-state index contributed by atoms with van der Waals surface area (Å²) in [6.07, 6.45) is 0. The molecule has 2 aromatic rings. The molecule has 0 aromatic heterocycles. The summed E-state index contributed by atoms with van der Waals surface area (Å²) in [5.74, 6) is -2.35. The van der Waals surface area contributed by atoms with Crippen molar-refractivity contribution in [3.63, 3.8) is 0 Å². The molecule has 21 heavy (non-hydrogen) atoms. The van der Waals surface area contributed by atoms with Gasteiger partial charge in [-0.25, -0.2) is 13.6 Å². The minimum Gasteiger partial charge on any atom is -0.479 e. The molecule has 6 heteroatoms. The number of aryl methyl sites for hydroxylation is 1. The number of carboxylic acid groups (broad SMARTS) is 1. The molecule has 2 aromatic carbocycles. The zero-order valence-corrected chi connectivity index (χ0v) is 11.8. The highest BCUT2D eigenvalue weighted by Crippen LogP contribution is 2.25. The van der Waals surface area contributed by atoms with E-state index in [4.69, 9.17) is 11.6 Å². The lowest BCUT2D eigenvalue weighted by molar-refractivity contribution is -0.138. The molecular formula is C15H12ClF2NO2. The van der Waals surface area contributed by atoms with E-state index < -0.39 is 23.6 Å². The van der Waals surface area contributed by atoms with Crippen LogP contribution < -0.4 is 5.32 Å². The zero-order chi connectivity index (χ0) is 15.6. The van der Waals surface area contributed by atoms with Crippen LogP contribution in [-0.4, -0.2) is 11.1 Å². The third-order valence-electron chi connectivity index (χ3n) is 2.82. The van der Waals surface area contributed by atoms with E-state index in [-0.39, 0.29) is 10.6 Å². The van der Waals surface area contributed by atoms with Crippen LogP contribution in [0.3, 0.4) is 0 Å². The first-order chi connectivity index (χ1) is 9.85. The summed E-state index contributed by atoms with van der Waals surface area (Å²) in [6.45, 7) is 1.68. The van der Waals surface area contributed by atoms with Crippen LogP contribution in [0.25, 0.3) is 0 Å². The standard InChI is InChI=1S/C15H12ClF2NO2/c1-8-2-11(17)7-13(3-8)19-14(15(20)21)9-4-10(16)6-12(18)5-9/h2-7,14,19H,1H3,(H,20,21).